The maximum atomic E-state index is 11.4. The Labute approximate surface area is 113 Å². The molecule has 3 N–H and O–H groups in total. The second-order valence-electron chi connectivity index (χ2n) is 5.83. The molecule has 4 nitrogen and oxygen atoms in total. The third-order valence-electron chi connectivity index (χ3n) is 4.48. The fraction of sp³-hybridized carbons (Fsp3) is 0.667. The topological polar surface area (TPSA) is 65.1 Å². The zero-order valence-electron chi connectivity index (χ0n) is 11.2. The third kappa shape index (κ3) is 2.74. The van der Waals surface area contributed by atoms with Crippen molar-refractivity contribution in [2.45, 2.75) is 63.1 Å². The van der Waals surface area contributed by atoms with Crippen molar-refractivity contribution >= 4 is 0 Å². The van der Waals surface area contributed by atoms with Gasteiger partial charge >= 0.3 is 0 Å². The minimum atomic E-state index is -0.220. The van der Waals surface area contributed by atoms with Gasteiger partial charge in [-0.2, -0.15) is 0 Å². The Morgan fingerprint density at radius 1 is 1.16 bits per heavy atom. The first kappa shape index (κ1) is 12.9. The summed E-state index contributed by atoms with van der Waals surface area (Å²) in [6, 6.07) is 4.03. The predicted octanol–water partition coefficient (Wildman–Crippen LogP) is 1.65. The highest BCUT2D eigenvalue weighted by Crippen LogP contribution is 2.30. The van der Waals surface area contributed by atoms with E-state index < -0.39 is 0 Å². The van der Waals surface area contributed by atoms with Gasteiger partial charge in [-0.05, 0) is 37.7 Å². The Morgan fingerprint density at radius 2 is 2.00 bits per heavy atom. The number of aryl methyl sites for hydroxylation is 1. The van der Waals surface area contributed by atoms with E-state index in [0.29, 0.717) is 0 Å². The summed E-state index contributed by atoms with van der Waals surface area (Å²) >= 11 is 0. The van der Waals surface area contributed by atoms with Crippen LogP contribution < -0.4 is 10.9 Å². The molecule has 0 saturated heterocycles. The molecule has 0 radical (unpaired) electrons. The first-order valence-corrected chi connectivity index (χ1v) is 7.40. The van der Waals surface area contributed by atoms with E-state index in [4.69, 9.17) is 0 Å². The summed E-state index contributed by atoms with van der Waals surface area (Å²) in [7, 11) is 0. The fourth-order valence-electron chi connectivity index (χ4n) is 3.44. The van der Waals surface area contributed by atoms with Crippen molar-refractivity contribution in [2.24, 2.45) is 0 Å². The number of aromatic nitrogens is 1. The molecule has 1 fully saturated rings. The van der Waals surface area contributed by atoms with Crippen LogP contribution in [0.2, 0.25) is 0 Å². The van der Waals surface area contributed by atoms with E-state index in [1.807, 2.05) is 6.07 Å². The van der Waals surface area contributed by atoms with Crippen molar-refractivity contribution in [3.63, 3.8) is 0 Å². The summed E-state index contributed by atoms with van der Waals surface area (Å²) in [5.41, 5.74) is 2.27. The number of hydrogen-bond donors (Lipinski definition) is 3. The number of pyridine rings is 1. The molecule has 1 heterocycles. The van der Waals surface area contributed by atoms with Crippen LogP contribution in [0.1, 0.15) is 55.8 Å². The van der Waals surface area contributed by atoms with Crippen LogP contribution in [0.15, 0.2) is 16.9 Å². The number of aromatic amines is 1. The lowest BCUT2D eigenvalue weighted by atomic mass is 9.87. The average Bonchev–Trinajstić information content (AvgIpc) is 2.41. The number of aliphatic hydroxyl groups is 1. The number of nitrogens with one attached hydrogen (secondary N) is 2. The van der Waals surface area contributed by atoms with Crippen LogP contribution in [0.4, 0.5) is 0 Å². The number of hydrogen-bond acceptors (Lipinski definition) is 3. The van der Waals surface area contributed by atoms with E-state index >= 15 is 0 Å². The van der Waals surface area contributed by atoms with Crippen molar-refractivity contribution in [1.82, 2.24) is 10.3 Å². The average molecular weight is 262 g/mol. The van der Waals surface area contributed by atoms with Gasteiger partial charge in [0.05, 0.1) is 6.10 Å². The van der Waals surface area contributed by atoms with Crippen molar-refractivity contribution in [2.75, 3.05) is 0 Å². The maximum absolute atomic E-state index is 11.4. The van der Waals surface area contributed by atoms with Crippen LogP contribution in [-0.4, -0.2) is 22.2 Å². The number of rotatable bonds is 2. The van der Waals surface area contributed by atoms with Gasteiger partial charge in [-0.1, -0.05) is 18.9 Å². The van der Waals surface area contributed by atoms with Gasteiger partial charge in [-0.25, -0.2) is 0 Å². The monoisotopic (exact) mass is 262 g/mol. The summed E-state index contributed by atoms with van der Waals surface area (Å²) in [6.45, 7) is 0. The van der Waals surface area contributed by atoms with Gasteiger partial charge in [0.25, 0.3) is 0 Å². The van der Waals surface area contributed by atoms with E-state index in [0.717, 1.165) is 44.2 Å². The molecule has 2 aliphatic carbocycles. The van der Waals surface area contributed by atoms with Crippen LogP contribution in [0, 0.1) is 0 Å². The molecule has 0 aliphatic heterocycles. The molecule has 0 spiro atoms. The normalized spacial score (nSPS) is 30.9. The Balaban J connectivity index is 1.78. The SMILES string of the molecule is O=c1ccc2c([nH]1)CCCC2NC1CCCCC1O. The van der Waals surface area contributed by atoms with Crippen LogP contribution in [-0.2, 0) is 6.42 Å². The molecule has 3 atom stereocenters. The zero-order chi connectivity index (χ0) is 13.2. The molecule has 19 heavy (non-hydrogen) atoms. The lowest BCUT2D eigenvalue weighted by molar-refractivity contribution is 0.0833. The molecular weight excluding hydrogens is 240 g/mol. The Hall–Kier alpha value is -1.13. The van der Waals surface area contributed by atoms with E-state index in [-0.39, 0.29) is 23.7 Å². The summed E-state index contributed by atoms with van der Waals surface area (Å²) in [5.74, 6) is 0. The largest absolute Gasteiger partial charge is 0.392 e. The van der Waals surface area contributed by atoms with Crippen LogP contribution in [0.5, 0.6) is 0 Å². The minimum Gasteiger partial charge on any atom is -0.392 e. The minimum absolute atomic E-state index is 0.0166. The molecule has 1 aromatic heterocycles. The number of H-pyrrole nitrogens is 1. The second-order valence-corrected chi connectivity index (χ2v) is 5.83. The second kappa shape index (κ2) is 5.47. The summed E-state index contributed by atoms with van der Waals surface area (Å²) in [4.78, 5) is 14.3. The van der Waals surface area contributed by atoms with Gasteiger partial charge in [-0.3, -0.25) is 4.79 Å². The first-order valence-electron chi connectivity index (χ1n) is 7.40. The molecule has 4 heteroatoms. The van der Waals surface area contributed by atoms with Gasteiger partial charge in [0.2, 0.25) is 5.56 Å². The van der Waals surface area contributed by atoms with Gasteiger partial charge in [0.15, 0.2) is 0 Å². The molecule has 3 rings (SSSR count). The molecule has 2 aliphatic rings. The van der Waals surface area contributed by atoms with E-state index in [2.05, 4.69) is 10.3 Å². The van der Waals surface area contributed by atoms with Crippen molar-refractivity contribution in [3.8, 4) is 0 Å². The Morgan fingerprint density at radius 3 is 2.84 bits per heavy atom. The molecule has 104 valence electrons. The lowest BCUT2D eigenvalue weighted by Gasteiger charge is -2.34. The molecule has 1 aromatic rings. The van der Waals surface area contributed by atoms with Gasteiger partial charge < -0.3 is 15.4 Å². The van der Waals surface area contributed by atoms with Gasteiger partial charge in [0.1, 0.15) is 0 Å². The summed E-state index contributed by atoms with van der Waals surface area (Å²) < 4.78 is 0. The molecule has 0 aromatic carbocycles. The molecule has 0 amide bonds. The van der Waals surface area contributed by atoms with E-state index in [9.17, 15) is 9.90 Å². The quantitative estimate of drug-likeness (QED) is 0.759. The summed E-state index contributed by atoms with van der Waals surface area (Å²) in [5, 5.41) is 13.7. The van der Waals surface area contributed by atoms with Gasteiger partial charge in [-0.15, -0.1) is 0 Å². The standard InChI is InChI=1S/C15H22N2O2/c18-14-7-2-1-4-13(14)16-11-5-3-6-12-10(11)8-9-15(19)17-12/h8-9,11,13-14,16,18H,1-7H2,(H,17,19). The van der Waals surface area contributed by atoms with Crippen LogP contribution >= 0.6 is 0 Å². The molecular formula is C15H22N2O2. The van der Waals surface area contributed by atoms with Crippen molar-refractivity contribution < 1.29 is 5.11 Å². The molecule has 3 unspecified atom stereocenters. The molecule has 0 bridgehead atoms. The smallest absolute Gasteiger partial charge is 0.248 e. The highest BCUT2D eigenvalue weighted by molar-refractivity contribution is 5.26. The van der Waals surface area contributed by atoms with E-state index in [1.54, 1.807) is 6.07 Å². The highest BCUT2D eigenvalue weighted by atomic mass is 16.3. The Kier molecular flexibility index (Phi) is 3.71. The molecule has 1 saturated carbocycles. The van der Waals surface area contributed by atoms with Gasteiger partial charge in [0, 0.05) is 23.8 Å². The Bertz CT molecular complexity index is 497. The zero-order valence-corrected chi connectivity index (χ0v) is 11.2. The fourth-order valence-corrected chi connectivity index (χ4v) is 3.44. The van der Waals surface area contributed by atoms with Crippen LogP contribution in [0.25, 0.3) is 0 Å². The number of aliphatic hydroxyl groups excluding tert-OH is 1. The third-order valence-corrected chi connectivity index (χ3v) is 4.48. The van der Waals surface area contributed by atoms with Crippen molar-refractivity contribution in [3.05, 3.63) is 33.7 Å². The maximum Gasteiger partial charge on any atom is 0.248 e. The van der Waals surface area contributed by atoms with Crippen molar-refractivity contribution in [1.29, 1.82) is 0 Å². The lowest BCUT2D eigenvalue weighted by Crippen LogP contribution is -2.44. The van der Waals surface area contributed by atoms with E-state index in [1.165, 1.54) is 12.0 Å². The first-order chi connectivity index (χ1) is 9.24. The van der Waals surface area contributed by atoms with Crippen LogP contribution in [0.3, 0.4) is 0 Å². The highest BCUT2D eigenvalue weighted by Gasteiger charge is 2.28. The summed E-state index contributed by atoms with van der Waals surface area (Å²) in [6.07, 6.45) is 7.20. The number of fused-ring (bicyclic) bond motifs is 1. The predicted molar refractivity (Wildman–Crippen MR) is 74.1 cm³/mol.